The van der Waals surface area contributed by atoms with Gasteiger partial charge in [-0.1, -0.05) is 6.07 Å². The fourth-order valence-electron chi connectivity index (χ4n) is 1.80. The molecule has 1 aliphatic heterocycles. The van der Waals surface area contributed by atoms with E-state index in [0.717, 1.165) is 12.1 Å². The lowest BCUT2D eigenvalue weighted by Crippen LogP contribution is -2.53. The highest BCUT2D eigenvalue weighted by molar-refractivity contribution is 5.82. The van der Waals surface area contributed by atoms with Crippen molar-refractivity contribution in [3.8, 4) is 0 Å². The van der Waals surface area contributed by atoms with Crippen LogP contribution in [0.2, 0.25) is 0 Å². The van der Waals surface area contributed by atoms with E-state index in [4.69, 9.17) is 5.11 Å². The van der Waals surface area contributed by atoms with Crippen molar-refractivity contribution in [1.82, 2.24) is 4.90 Å². The lowest BCUT2D eigenvalue weighted by Gasteiger charge is -2.36. The number of halogens is 2. The first-order valence-electron chi connectivity index (χ1n) is 5.42. The van der Waals surface area contributed by atoms with Crippen LogP contribution in [0.25, 0.3) is 0 Å². The van der Waals surface area contributed by atoms with Gasteiger partial charge in [-0.25, -0.2) is 8.78 Å². The first-order valence-corrected chi connectivity index (χ1v) is 5.42. The van der Waals surface area contributed by atoms with Crippen LogP contribution in [0.15, 0.2) is 18.2 Å². The van der Waals surface area contributed by atoms with Gasteiger partial charge >= 0.3 is 5.97 Å². The molecular weight excluding hydrogens is 244 g/mol. The van der Waals surface area contributed by atoms with Crippen LogP contribution >= 0.6 is 0 Å². The highest BCUT2D eigenvalue weighted by Gasteiger charge is 2.35. The Labute approximate surface area is 102 Å². The van der Waals surface area contributed by atoms with E-state index in [2.05, 4.69) is 0 Å². The largest absolute Gasteiger partial charge is 0.481 e. The molecule has 1 N–H and O–H groups in total. The quantitative estimate of drug-likeness (QED) is 0.878. The van der Waals surface area contributed by atoms with Crippen LogP contribution in [-0.4, -0.2) is 35.0 Å². The standard InChI is InChI=1S/C12H11F2NO3/c13-9-2-1-3-10(14)8(9)4-11(16)15-5-7(6-15)12(17)18/h1-3,7H,4-6H2,(H,17,18). The Morgan fingerprint density at radius 2 is 1.83 bits per heavy atom. The summed E-state index contributed by atoms with van der Waals surface area (Å²) in [4.78, 5) is 23.5. The van der Waals surface area contributed by atoms with Gasteiger partial charge in [0.15, 0.2) is 0 Å². The topological polar surface area (TPSA) is 57.6 Å². The Morgan fingerprint density at radius 3 is 2.33 bits per heavy atom. The number of likely N-dealkylation sites (tertiary alicyclic amines) is 1. The number of carboxylic acids is 1. The van der Waals surface area contributed by atoms with Gasteiger partial charge in [0.25, 0.3) is 0 Å². The number of carboxylic acid groups (broad SMARTS) is 1. The first-order chi connectivity index (χ1) is 8.49. The zero-order chi connectivity index (χ0) is 13.3. The molecule has 18 heavy (non-hydrogen) atoms. The molecule has 2 rings (SSSR count). The third-order valence-electron chi connectivity index (χ3n) is 2.97. The van der Waals surface area contributed by atoms with Crippen LogP contribution in [0.5, 0.6) is 0 Å². The van der Waals surface area contributed by atoms with Crippen molar-refractivity contribution in [3.05, 3.63) is 35.4 Å². The van der Waals surface area contributed by atoms with Gasteiger partial charge in [0.1, 0.15) is 11.6 Å². The van der Waals surface area contributed by atoms with Gasteiger partial charge in [0, 0.05) is 18.7 Å². The number of rotatable bonds is 3. The molecule has 1 heterocycles. The number of nitrogens with zero attached hydrogens (tertiary/aromatic N) is 1. The third kappa shape index (κ3) is 2.32. The Morgan fingerprint density at radius 1 is 1.28 bits per heavy atom. The molecule has 0 aliphatic carbocycles. The molecule has 1 amide bonds. The Hall–Kier alpha value is -1.98. The van der Waals surface area contributed by atoms with Crippen LogP contribution in [0, 0.1) is 17.6 Å². The molecule has 4 nitrogen and oxygen atoms in total. The zero-order valence-electron chi connectivity index (χ0n) is 9.40. The average Bonchev–Trinajstić information content (AvgIpc) is 2.21. The fourth-order valence-corrected chi connectivity index (χ4v) is 1.80. The minimum absolute atomic E-state index is 0.101. The minimum atomic E-state index is -0.962. The molecule has 0 bridgehead atoms. The van der Waals surface area contributed by atoms with Crippen LogP contribution in [-0.2, 0) is 16.0 Å². The molecule has 96 valence electrons. The van der Waals surface area contributed by atoms with E-state index in [1.54, 1.807) is 0 Å². The summed E-state index contributed by atoms with van der Waals surface area (Å²) >= 11 is 0. The highest BCUT2D eigenvalue weighted by atomic mass is 19.1. The molecule has 1 aromatic carbocycles. The van der Waals surface area contributed by atoms with Gasteiger partial charge in [-0.15, -0.1) is 0 Å². The number of amides is 1. The molecule has 0 saturated carbocycles. The molecule has 0 unspecified atom stereocenters. The number of hydrogen-bond acceptors (Lipinski definition) is 2. The highest BCUT2D eigenvalue weighted by Crippen LogP contribution is 2.19. The molecule has 1 saturated heterocycles. The van der Waals surface area contributed by atoms with E-state index in [-0.39, 0.29) is 25.1 Å². The number of carbonyl (C=O) groups excluding carboxylic acids is 1. The summed E-state index contributed by atoms with van der Waals surface area (Å²) in [6.07, 6.45) is -0.384. The van der Waals surface area contributed by atoms with Crippen molar-refractivity contribution in [2.45, 2.75) is 6.42 Å². The van der Waals surface area contributed by atoms with E-state index in [0.29, 0.717) is 0 Å². The summed E-state index contributed by atoms with van der Waals surface area (Å²) < 4.78 is 26.6. The number of benzene rings is 1. The van der Waals surface area contributed by atoms with Crippen LogP contribution in [0.4, 0.5) is 8.78 Å². The number of aliphatic carboxylic acids is 1. The molecule has 6 heteroatoms. The minimum Gasteiger partial charge on any atom is -0.481 e. The summed E-state index contributed by atoms with van der Waals surface area (Å²) in [6, 6.07) is 3.40. The monoisotopic (exact) mass is 255 g/mol. The summed E-state index contributed by atoms with van der Waals surface area (Å²) in [7, 11) is 0. The van der Waals surface area contributed by atoms with Crippen molar-refractivity contribution in [3.63, 3.8) is 0 Å². The second-order valence-corrected chi connectivity index (χ2v) is 4.21. The molecule has 0 spiro atoms. The van der Waals surface area contributed by atoms with Crippen molar-refractivity contribution in [1.29, 1.82) is 0 Å². The van der Waals surface area contributed by atoms with Crippen LogP contribution in [0.1, 0.15) is 5.56 Å². The summed E-state index contributed by atoms with van der Waals surface area (Å²) in [5.74, 6) is -3.52. The molecule has 0 aromatic heterocycles. The molecular formula is C12H11F2NO3. The van der Waals surface area contributed by atoms with Gasteiger partial charge in [-0.2, -0.15) is 0 Å². The summed E-state index contributed by atoms with van der Waals surface area (Å²) in [5.41, 5.74) is -0.277. The zero-order valence-corrected chi connectivity index (χ0v) is 9.40. The van der Waals surface area contributed by atoms with Gasteiger partial charge in [0.05, 0.1) is 12.3 Å². The van der Waals surface area contributed by atoms with Crippen molar-refractivity contribution in [2.75, 3.05) is 13.1 Å². The number of hydrogen-bond donors (Lipinski definition) is 1. The molecule has 0 radical (unpaired) electrons. The van der Waals surface area contributed by atoms with Gasteiger partial charge < -0.3 is 10.0 Å². The predicted molar refractivity (Wildman–Crippen MR) is 57.8 cm³/mol. The molecule has 1 fully saturated rings. The van der Waals surface area contributed by atoms with Gasteiger partial charge in [0.2, 0.25) is 5.91 Å². The molecule has 1 aliphatic rings. The molecule has 1 aromatic rings. The maximum absolute atomic E-state index is 13.3. The predicted octanol–water partition coefficient (Wildman–Crippen LogP) is 1.05. The Kier molecular flexibility index (Phi) is 3.27. The third-order valence-corrected chi connectivity index (χ3v) is 2.97. The van der Waals surface area contributed by atoms with Crippen LogP contribution in [0.3, 0.4) is 0 Å². The first kappa shape index (κ1) is 12.5. The van der Waals surface area contributed by atoms with Crippen molar-refractivity contribution >= 4 is 11.9 Å². The van der Waals surface area contributed by atoms with E-state index < -0.39 is 29.4 Å². The summed E-state index contributed by atoms with van der Waals surface area (Å²) in [5, 5.41) is 8.65. The second kappa shape index (κ2) is 4.72. The van der Waals surface area contributed by atoms with E-state index in [1.165, 1.54) is 11.0 Å². The normalized spacial score (nSPS) is 15.3. The van der Waals surface area contributed by atoms with Crippen LogP contribution < -0.4 is 0 Å². The van der Waals surface area contributed by atoms with Gasteiger partial charge in [-0.3, -0.25) is 9.59 Å². The fraction of sp³-hybridized carbons (Fsp3) is 0.333. The number of carbonyl (C=O) groups is 2. The van der Waals surface area contributed by atoms with Crippen molar-refractivity contribution < 1.29 is 23.5 Å². The lowest BCUT2D eigenvalue weighted by molar-refractivity contribution is -0.152. The van der Waals surface area contributed by atoms with Crippen molar-refractivity contribution in [2.24, 2.45) is 5.92 Å². The lowest BCUT2D eigenvalue weighted by atomic mass is 9.99. The average molecular weight is 255 g/mol. The maximum atomic E-state index is 13.3. The Balaban J connectivity index is 1.99. The van der Waals surface area contributed by atoms with E-state index >= 15 is 0 Å². The van der Waals surface area contributed by atoms with Gasteiger partial charge in [-0.05, 0) is 12.1 Å². The summed E-state index contributed by atoms with van der Waals surface area (Å²) in [6.45, 7) is 0.203. The Bertz CT molecular complexity index is 478. The van der Waals surface area contributed by atoms with E-state index in [1.807, 2.05) is 0 Å². The van der Waals surface area contributed by atoms with E-state index in [9.17, 15) is 18.4 Å². The maximum Gasteiger partial charge on any atom is 0.310 e. The smallest absolute Gasteiger partial charge is 0.310 e. The SMILES string of the molecule is O=C(O)C1CN(C(=O)Cc2c(F)cccc2F)C1. The molecule has 0 atom stereocenters. The second-order valence-electron chi connectivity index (χ2n) is 4.21.